The molecule has 32 heavy (non-hydrogen) atoms. The van der Waals surface area contributed by atoms with Crippen LogP contribution in [0.1, 0.15) is 24.6 Å². The highest BCUT2D eigenvalue weighted by Gasteiger charge is 2.14. The van der Waals surface area contributed by atoms with E-state index in [1.807, 2.05) is 50.2 Å². The summed E-state index contributed by atoms with van der Waals surface area (Å²) in [6.07, 6.45) is 3.72. The summed E-state index contributed by atoms with van der Waals surface area (Å²) in [4.78, 5) is 38.0. The van der Waals surface area contributed by atoms with E-state index in [-0.39, 0.29) is 11.5 Å². The second kappa shape index (κ2) is 8.58. The van der Waals surface area contributed by atoms with Crippen LogP contribution in [-0.4, -0.2) is 25.4 Å². The predicted molar refractivity (Wildman–Crippen MR) is 126 cm³/mol. The molecule has 0 aliphatic rings. The van der Waals surface area contributed by atoms with Crippen LogP contribution in [0, 0.1) is 13.8 Å². The molecule has 4 rings (SSSR count). The van der Waals surface area contributed by atoms with E-state index < -0.39 is 0 Å². The highest BCUT2D eigenvalue weighted by molar-refractivity contribution is 5.92. The summed E-state index contributed by atoms with van der Waals surface area (Å²) in [5, 5.41) is 6.59. The molecule has 0 bridgehead atoms. The minimum absolute atomic E-state index is 0.0654. The van der Waals surface area contributed by atoms with Gasteiger partial charge in [0.2, 0.25) is 11.9 Å². The van der Waals surface area contributed by atoms with Crippen molar-refractivity contribution in [2.45, 2.75) is 27.2 Å². The number of amides is 1. The number of hydrogen-bond acceptors (Lipinski definition) is 6. The molecule has 0 saturated carbocycles. The van der Waals surface area contributed by atoms with Gasteiger partial charge in [0.05, 0.1) is 17.6 Å². The summed E-state index contributed by atoms with van der Waals surface area (Å²) in [6, 6.07) is 11.3. The number of pyridine rings is 2. The minimum atomic E-state index is -0.229. The molecule has 1 amide bonds. The fraction of sp³-hybridized carbons (Fsp3) is 0.208. The van der Waals surface area contributed by atoms with E-state index in [1.54, 1.807) is 30.9 Å². The molecule has 0 spiro atoms. The normalized spacial score (nSPS) is 10.9. The first-order chi connectivity index (χ1) is 15.4. The Hall–Kier alpha value is -4.07. The summed E-state index contributed by atoms with van der Waals surface area (Å²) in [7, 11) is 1.72. The highest BCUT2D eigenvalue weighted by Crippen LogP contribution is 2.28. The number of carbonyl (C=O) groups is 1. The van der Waals surface area contributed by atoms with Gasteiger partial charge in [0.1, 0.15) is 5.52 Å². The van der Waals surface area contributed by atoms with Crippen molar-refractivity contribution in [3.8, 4) is 11.3 Å². The van der Waals surface area contributed by atoms with Crippen LogP contribution in [0.25, 0.3) is 22.2 Å². The Balaban J connectivity index is 1.76. The third kappa shape index (κ3) is 4.20. The number of aryl methyl sites for hydroxylation is 2. The highest BCUT2D eigenvalue weighted by atomic mass is 16.1. The molecule has 8 heteroatoms. The molecule has 8 nitrogen and oxygen atoms in total. The van der Waals surface area contributed by atoms with E-state index in [0.29, 0.717) is 29.0 Å². The smallest absolute Gasteiger partial charge is 0.277 e. The molecular weight excluding hydrogens is 404 g/mol. The number of nitrogens with zero attached hydrogens (tertiary/aromatic N) is 4. The van der Waals surface area contributed by atoms with Crippen molar-refractivity contribution in [2.75, 3.05) is 10.6 Å². The molecule has 0 radical (unpaired) electrons. The van der Waals surface area contributed by atoms with Crippen LogP contribution in [0.2, 0.25) is 0 Å². The molecule has 3 aromatic heterocycles. The average molecular weight is 428 g/mol. The Morgan fingerprint density at radius 2 is 1.81 bits per heavy atom. The molecule has 0 atom stereocenters. The third-order valence-corrected chi connectivity index (χ3v) is 5.26. The van der Waals surface area contributed by atoms with Crippen molar-refractivity contribution in [3.63, 3.8) is 0 Å². The number of fused-ring (bicyclic) bond motifs is 1. The maximum Gasteiger partial charge on any atom is 0.277 e. The van der Waals surface area contributed by atoms with E-state index in [0.717, 1.165) is 28.2 Å². The summed E-state index contributed by atoms with van der Waals surface area (Å²) in [5.74, 6) is 0.262. The van der Waals surface area contributed by atoms with Gasteiger partial charge in [-0.1, -0.05) is 13.0 Å². The summed E-state index contributed by atoms with van der Waals surface area (Å²) in [6.45, 7) is 5.68. The second-order valence-electron chi connectivity index (χ2n) is 7.64. The van der Waals surface area contributed by atoms with Crippen molar-refractivity contribution in [1.29, 1.82) is 0 Å². The van der Waals surface area contributed by atoms with E-state index in [2.05, 4.69) is 25.6 Å². The van der Waals surface area contributed by atoms with Crippen LogP contribution in [0.15, 0.2) is 53.6 Å². The van der Waals surface area contributed by atoms with Crippen molar-refractivity contribution in [1.82, 2.24) is 19.5 Å². The average Bonchev–Trinajstić information content (AvgIpc) is 2.79. The maximum atomic E-state index is 13.2. The summed E-state index contributed by atoms with van der Waals surface area (Å²) in [5.41, 5.74) is 4.99. The lowest BCUT2D eigenvalue weighted by Gasteiger charge is -2.14. The first-order valence-electron chi connectivity index (χ1n) is 10.3. The molecule has 0 aliphatic carbocycles. The van der Waals surface area contributed by atoms with Crippen molar-refractivity contribution in [2.24, 2.45) is 7.05 Å². The molecule has 3 heterocycles. The van der Waals surface area contributed by atoms with Crippen molar-refractivity contribution < 1.29 is 4.79 Å². The van der Waals surface area contributed by atoms with Crippen molar-refractivity contribution in [3.05, 3.63) is 70.4 Å². The maximum absolute atomic E-state index is 13.2. The van der Waals surface area contributed by atoms with Crippen molar-refractivity contribution >= 4 is 34.1 Å². The van der Waals surface area contributed by atoms with Gasteiger partial charge in [-0.3, -0.25) is 14.6 Å². The molecular formula is C24H24N6O2. The quantitative estimate of drug-likeness (QED) is 0.496. The van der Waals surface area contributed by atoms with Crippen LogP contribution < -0.4 is 16.2 Å². The zero-order valence-corrected chi connectivity index (χ0v) is 18.4. The van der Waals surface area contributed by atoms with Gasteiger partial charge in [0.25, 0.3) is 5.56 Å². The minimum Gasteiger partial charge on any atom is -0.326 e. The number of benzene rings is 1. The first-order valence-corrected chi connectivity index (χ1v) is 10.3. The van der Waals surface area contributed by atoms with Gasteiger partial charge < -0.3 is 15.2 Å². The molecule has 0 fully saturated rings. The fourth-order valence-electron chi connectivity index (χ4n) is 3.40. The van der Waals surface area contributed by atoms with Gasteiger partial charge in [-0.2, -0.15) is 0 Å². The Morgan fingerprint density at radius 1 is 1.03 bits per heavy atom. The Bertz CT molecular complexity index is 1380. The molecule has 4 aromatic rings. The van der Waals surface area contributed by atoms with E-state index in [9.17, 15) is 9.59 Å². The number of anilines is 3. The van der Waals surface area contributed by atoms with Crippen LogP contribution in [0.4, 0.5) is 17.3 Å². The number of rotatable bonds is 5. The lowest BCUT2D eigenvalue weighted by Crippen LogP contribution is -2.20. The topological polar surface area (TPSA) is 102 Å². The van der Waals surface area contributed by atoms with Crippen LogP contribution >= 0.6 is 0 Å². The number of nitrogens with one attached hydrogen (secondary N) is 2. The Labute approximate surface area is 185 Å². The lowest BCUT2D eigenvalue weighted by atomic mass is 10.0. The van der Waals surface area contributed by atoms with E-state index in [4.69, 9.17) is 0 Å². The van der Waals surface area contributed by atoms with E-state index >= 15 is 0 Å². The summed E-state index contributed by atoms with van der Waals surface area (Å²) < 4.78 is 1.57. The van der Waals surface area contributed by atoms with Crippen LogP contribution in [0.3, 0.4) is 0 Å². The van der Waals surface area contributed by atoms with Gasteiger partial charge in [-0.15, -0.1) is 0 Å². The van der Waals surface area contributed by atoms with Gasteiger partial charge in [0, 0.05) is 42.0 Å². The predicted octanol–water partition coefficient (Wildman–Crippen LogP) is 4.10. The van der Waals surface area contributed by atoms with Crippen LogP contribution in [-0.2, 0) is 11.8 Å². The van der Waals surface area contributed by atoms with Gasteiger partial charge >= 0.3 is 0 Å². The SMILES string of the molecule is CCC(=O)Nc1ccc(C)c(-c2cc3cnc(Nc4ccc(C)nc4)nc3c(=O)n2C)c1. The monoisotopic (exact) mass is 428 g/mol. The molecule has 1 aromatic carbocycles. The third-order valence-electron chi connectivity index (χ3n) is 5.26. The Morgan fingerprint density at radius 3 is 2.53 bits per heavy atom. The molecule has 0 aliphatic heterocycles. The zero-order valence-electron chi connectivity index (χ0n) is 18.4. The number of carbonyl (C=O) groups excluding carboxylic acids is 1. The summed E-state index contributed by atoms with van der Waals surface area (Å²) >= 11 is 0. The van der Waals surface area contributed by atoms with Crippen LogP contribution in [0.5, 0.6) is 0 Å². The largest absolute Gasteiger partial charge is 0.326 e. The second-order valence-corrected chi connectivity index (χ2v) is 7.64. The van der Waals surface area contributed by atoms with Gasteiger partial charge in [0.15, 0.2) is 0 Å². The van der Waals surface area contributed by atoms with E-state index in [1.165, 1.54) is 0 Å². The Kier molecular flexibility index (Phi) is 5.68. The lowest BCUT2D eigenvalue weighted by molar-refractivity contribution is -0.115. The standard InChI is InChI=1S/C24H24N6O2/c1-5-21(31)27-17-8-6-14(2)19(11-17)20-10-16-12-26-24(29-22(16)23(32)30(20)4)28-18-9-7-15(3)25-13-18/h6-13H,5H2,1-4H3,(H,27,31)(H,26,28,29). The molecule has 2 N–H and O–H groups in total. The number of aromatic nitrogens is 4. The van der Waals surface area contributed by atoms with Gasteiger partial charge in [-0.25, -0.2) is 9.97 Å². The molecule has 0 saturated heterocycles. The van der Waals surface area contributed by atoms with Gasteiger partial charge in [-0.05, 0) is 49.7 Å². The first kappa shape index (κ1) is 21.2. The molecule has 0 unspecified atom stereocenters. The fourth-order valence-corrected chi connectivity index (χ4v) is 3.40. The zero-order chi connectivity index (χ0) is 22.8. The number of hydrogen-bond donors (Lipinski definition) is 2. The molecule has 162 valence electrons.